The number of ether oxygens (including phenoxy) is 1. The second kappa shape index (κ2) is 5.98. The van der Waals surface area contributed by atoms with Crippen molar-refractivity contribution in [3.8, 4) is 11.8 Å². The SMILES string of the molecule is N#Cc1cccc(COc2ccccc2CO)c1F. The first-order chi connectivity index (χ1) is 9.26. The lowest BCUT2D eigenvalue weighted by Gasteiger charge is -2.10. The van der Waals surface area contributed by atoms with E-state index < -0.39 is 5.82 Å². The van der Waals surface area contributed by atoms with Gasteiger partial charge in [-0.1, -0.05) is 30.3 Å². The smallest absolute Gasteiger partial charge is 0.147 e. The molecule has 0 saturated heterocycles. The molecule has 0 bridgehead atoms. The molecule has 0 atom stereocenters. The van der Waals surface area contributed by atoms with Gasteiger partial charge in [0.15, 0.2) is 0 Å². The van der Waals surface area contributed by atoms with Gasteiger partial charge in [-0.05, 0) is 12.1 Å². The Kier molecular flexibility index (Phi) is 4.11. The Morgan fingerprint density at radius 2 is 1.84 bits per heavy atom. The molecule has 0 aromatic heterocycles. The minimum Gasteiger partial charge on any atom is -0.488 e. The third-order valence-corrected chi connectivity index (χ3v) is 2.73. The van der Waals surface area contributed by atoms with Crippen LogP contribution in [0.25, 0.3) is 0 Å². The number of benzene rings is 2. The second-order valence-corrected chi connectivity index (χ2v) is 3.94. The highest BCUT2D eigenvalue weighted by atomic mass is 19.1. The maximum absolute atomic E-state index is 13.8. The summed E-state index contributed by atoms with van der Waals surface area (Å²) in [5.41, 5.74) is 0.947. The highest BCUT2D eigenvalue weighted by molar-refractivity contribution is 5.36. The molecule has 0 aliphatic rings. The molecule has 2 rings (SSSR count). The van der Waals surface area contributed by atoms with E-state index in [2.05, 4.69) is 0 Å². The number of rotatable bonds is 4. The van der Waals surface area contributed by atoms with Crippen molar-refractivity contribution in [1.82, 2.24) is 0 Å². The van der Waals surface area contributed by atoms with Gasteiger partial charge < -0.3 is 9.84 Å². The van der Waals surface area contributed by atoms with Gasteiger partial charge in [-0.3, -0.25) is 0 Å². The summed E-state index contributed by atoms with van der Waals surface area (Å²) in [4.78, 5) is 0. The van der Waals surface area contributed by atoms with Gasteiger partial charge in [-0.2, -0.15) is 5.26 Å². The van der Waals surface area contributed by atoms with Crippen LogP contribution in [0, 0.1) is 17.1 Å². The second-order valence-electron chi connectivity index (χ2n) is 3.94. The van der Waals surface area contributed by atoms with Crippen LogP contribution in [0.1, 0.15) is 16.7 Å². The number of aliphatic hydroxyl groups is 1. The lowest BCUT2D eigenvalue weighted by atomic mass is 10.1. The van der Waals surface area contributed by atoms with Crippen molar-refractivity contribution >= 4 is 0 Å². The number of halogens is 1. The van der Waals surface area contributed by atoms with E-state index >= 15 is 0 Å². The van der Waals surface area contributed by atoms with Crippen LogP contribution in [0.2, 0.25) is 0 Å². The maximum atomic E-state index is 13.8. The van der Waals surface area contributed by atoms with Crippen LogP contribution < -0.4 is 4.74 Å². The predicted molar refractivity (Wildman–Crippen MR) is 67.8 cm³/mol. The van der Waals surface area contributed by atoms with E-state index in [1.54, 1.807) is 42.5 Å². The number of nitrogens with zero attached hydrogens (tertiary/aromatic N) is 1. The molecule has 0 fully saturated rings. The molecule has 0 saturated carbocycles. The molecule has 0 aliphatic heterocycles. The molecule has 96 valence electrons. The average Bonchev–Trinajstić information content (AvgIpc) is 2.46. The lowest BCUT2D eigenvalue weighted by molar-refractivity contribution is 0.257. The summed E-state index contributed by atoms with van der Waals surface area (Å²) in [6.45, 7) is -0.130. The Hall–Kier alpha value is -2.38. The lowest BCUT2D eigenvalue weighted by Crippen LogP contribution is -2.02. The van der Waals surface area contributed by atoms with Crippen molar-refractivity contribution in [2.24, 2.45) is 0 Å². The van der Waals surface area contributed by atoms with E-state index in [-0.39, 0.29) is 18.8 Å². The summed E-state index contributed by atoms with van der Waals surface area (Å²) in [6, 6.07) is 13.4. The fourth-order valence-electron chi connectivity index (χ4n) is 1.71. The van der Waals surface area contributed by atoms with E-state index in [0.717, 1.165) is 0 Å². The minimum atomic E-state index is -0.563. The third kappa shape index (κ3) is 2.90. The average molecular weight is 257 g/mol. The van der Waals surface area contributed by atoms with Gasteiger partial charge in [0.05, 0.1) is 12.2 Å². The predicted octanol–water partition coefficient (Wildman–Crippen LogP) is 2.77. The number of hydrogen-bond donors (Lipinski definition) is 1. The highest BCUT2D eigenvalue weighted by Crippen LogP contribution is 2.20. The maximum Gasteiger partial charge on any atom is 0.147 e. The Bertz CT molecular complexity index is 620. The van der Waals surface area contributed by atoms with Gasteiger partial charge in [-0.25, -0.2) is 4.39 Å². The molecule has 1 N–H and O–H groups in total. The monoisotopic (exact) mass is 257 g/mol. The fraction of sp³-hybridized carbons (Fsp3) is 0.133. The van der Waals surface area contributed by atoms with Gasteiger partial charge in [0.25, 0.3) is 0 Å². The van der Waals surface area contributed by atoms with Crippen LogP contribution in [-0.4, -0.2) is 5.11 Å². The molecule has 4 heteroatoms. The summed E-state index contributed by atoms with van der Waals surface area (Å²) < 4.78 is 19.3. The fourth-order valence-corrected chi connectivity index (χ4v) is 1.71. The molecular formula is C15H12FNO2. The summed E-state index contributed by atoms with van der Waals surface area (Å²) in [7, 11) is 0. The number of para-hydroxylation sites is 1. The van der Waals surface area contributed by atoms with Crippen LogP contribution >= 0.6 is 0 Å². The van der Waals surface area contributed by atoms with Crippen LogP contribution in [0.4, 0.5) is 4.39 Å². The first-order valence-electron chi connectivity index (χ1n) is 5.75. The number of hydrogen-bond acceptors (Lipinski definition) is 3. The molecular weight excluding hydrogens is 245 g/mol. The van der Waals surface area contributed by atoms with E-state index in [1.807, 2.05) is 0 Å². The van der Waals surface area contributed by atoms with Crippen LogP contribution in [-0.2, 0) is 13.2 Å². The molecule has 0 unspecified atom stereocenters. The third-order valence-electron chi connectivity index (χ3n) is 2.73. The van der Waals surface area contributed by atoms with Crippen molar-refractivity contribution in [3.63, 3.8) is 0 Å². The van der Waals surface area contributed by atoms with Gasteiger partial charge >= 0.3 is 0 Å². The topological polar surface area (TPSA) is 53.2 Å². The molecule has 0 heterocycles. The largest absolute Gasteiger partial charge is 0.488 e. The Morgan fingerprint density at radius 3 is 2.58 bits per heavy atom. The van der Waals surface area contributed by atoms with E-state index in [9.17, 15) is 4.39 Å². The quantitative estimate of drug-likeness (QED) is 0.916. The number of nitriles is 1. The zero-order valence-electron chi connectivity index (χ0n) is 10.1. The van der Waals surface area contributed by atoms with Crippen molar-refractivity contribution in [3.05, 3.63) is 65.0 Å². The van der Waals surface area contributed by atoms with Crippen molar-refractivity contribution in [2.75, 3.05) is 0 Å². The van der Waals surface area contributed by atoms with E-state index in [4.69, 9.17) is 15.1 Å². The Labute approximate surface area is 110 Å². The van der Waals surface area contributed by atoms with Crippen LogP contribution in [0.15, 0.2) is 42.5 Å². The molecule has 19 heavy (non-hydrogen) atoms. The number of aliphatic hydroxyl groups excluding tert-OH is 1. The molecule has 2 aromatic carbocycles. The molecule has 3 nitrogen and oxygen atoms in total. The summed E-state index contributed by atoms with van der Waals surface area (Å²) in [5, 5.41) is 17.9. The van der Waals surface area contributed by atoms with Gasteiger partial charge in [-0.15, -0.1) is 0 Å². The van der Waals surface area contributed by atoms with Gasteiger partial charge in [0.1, 0.15) is 24.2 Å². The normalized spacial score (nSPS) is 9.95. The Balaban J connectivity index is 2.17. The molecule has 0 radical (unpaired) electrons. The Morgan fingerprint density at radius 1 is 1.11 bits per heavy atom. The van der Waals surface area contributed by atoms with E-state index in [0.29, 0.717) is 16.9 Å². The highest BCUT2D eigenvalue weighted by Gasteiger charge is 2.09. The first-order valence-corrected chi connectivity index (χ1v) is 5.75. The zero-order chi connectivity index (χ0) is 13.7. The zero-order valence-corrected chi connectivity index (χ0v) is 10.1. The molecule has 0 amide bonds. The molecule has 2 aromatic rings. The van der Waals surface area contributed by atoms with Crippen LogP contribution in [0.3, 0.4) is 0 Å². The van der Waals surface area contributed by atoms with Crippen LogP contribution in [0.5, 0.6) is 5.75 Å². The van der Waals surface area contributed by atoms with Crippen molar-refractivity contribution in [1.29, 1.82) is 5.26 Å². The molecule has 0 aliphatic carbocycles. The van der Waals surface area contributed by atoms with E-state index in [1.165, 1.54) is 6.07 Å². The van der Waals surface area contributed by atoms with Gasteiger partial charge in [0.2, 0.25) is 0 Å². The van der Waals surface area contributed by atoms with Gasteiger partial charge in [0, 0.05) is 11.1 Å². The standard InChI is InChI=1S/C15H12FNO2/c16-15-11(8-17)5-3-6-13(15)10-19-14-7-2-1-4-12(14)9-18/h1-7,18H,9-10H2. The molecule has 0 spiro atoms. The van der Waals surface area contributed by atoms with Crippen molar-refractivity contribution < 1.29 is 14.2 Å². The summed E-state index contributed by atoms with van der Waals surface area (Å²) in [6.07, 6.45) is 0. The van der Waals surface area contributed by atoms with Crippen molar-refractivity contribution in [2.45, 2.75) is 13.2 Å². The summed E-state index contributed by atoms with van der Waals surface area (Å²) in [5.74, 6) is -0.0572. The summed E-state index contributed by atoms with van der Waals surface area (Å²) >= 11 is 0. The minimum absolute atomic E-state index is 0.00320. The first kappa shape index (κ1) is 13.1.